The Balaban J connectivity index is 2.42. The van der Waals surface area contributed by atoms with E-state index >= 15 is 0 Å². The molecule has 0 aliphatic carbocycles. The second-order valence-electron chi connectivity index (χ2n) is 1.69. The Bertz CT molecular complexity index is 201. The minimum absolute atomic E-state index is 0.0751. The van der Waals surface area contributed by atoms with Gasteiger partial charge in [0.2, 0.25) is 5.89 Å². The van der Waals surface area contributed by atoms with Gasteiger partial charge >= 0.3 is 5.35 Å². The Labute approximate surface area is 63.1 Å². The van der Waals surface area contributed by atoms with Gasteiger partial charge in [-0.05, 0) is 11.6 Å². The summed E-state index contributed by atoms with van der Waals surface area (Å²) in [7, 11) is 1.61. The van der Waals surface area contributed by atoms with E-state index < -0.39 is 0 Å². The fourth-order valence-corrected chi connectivity index (χ4v) is 0.650. The standard InChI is InChI=1S/C5H7ClN2O2/c1-9-3-2-4-7-8-5(6)10-4/h2-3H2,1H3. The molecule has 0 saturated carbocycles. The lowest BCUT2D eigenvalue weighted by Gasteiger charge is -1.90. The summed E-state index contributed by atoms with van der Waals surface area (Å²) in [6, 6.07) is 0. The molecule has 0 atom stereocenters. The summed E-state index contributed by atoms with van der Waals surface area (Å²) >= 11 is 5.36. The first-order valence-corrected chi connectivity index (χ1v) is 3.17. The summed E-state index contributed by atoms with van der Waals surface area (Å²) in [5.41, 5.74) is 0. The number of rotatable bonds is 3. The molecule has 1 aromatic heterocycles. The van der Waals surface area contributed by atoms with Crippen molar-refractivity contribution in [2.75, 3.05) is 13.7 Å². The largest absolute Gasteiger partial charge is 0.412 e. The maximum absolute atomic E-state index is 5.36. The van der Waals surface area contributed by atoms with Crippen LogP contribution in [0, 0.1) is 0 Å². The minimum atomic E-state index is 0.0751. The van der Waals surface area contributed by atoms with Crippen molar-refractivity contribution in [3.8, 4) is 0 Å². The maximum Gasteiger partial charge on any atom is 0.312 e. The highest BCUT2D eigenvalue weighted by Gasteiger charge is 2.01. The average molecular weight is 163 g/mol. The molecular formula is C5H7ClN2O2. The lowest BCUT2D eigenvalue weighted by Crippen LogP contribution is -1.93. The molecule has 1 aromatic rings. The third kappa shape index (κ3) is 1.97. The molecule has 1 rings (SSSR count). The smallest absolute Gasteiger partial charge is 0.312 e. The Morgan fingerprint density at radius 3 is 2.90 bits per heavy atom. The van der Waals surface area contributed by atoms with E-state index in [0.29, 0.717) is 18.9 Å². The van der Waals surface area contributed by atoms with Gasteiger partial charge in [-0.15, -0.1) is 5.10 Å². The van der Waals surface area contributed by atoms with E-state index in [1.807, 2.05) is 0 Å². The highest BCUT2D eigenvalue weighted by molar-refractivity contribution is 6.27. The average Bonchev–Trinajstić information content (AvgIpc) is 2.31. The predicted molar refractivity (Wildman–Crippen MR) is 34.9 cm³/mol. The quantitative estimate of drug-likeness (QED) is 0.663. The third-order valence-electron chi connectivity index (χ3n) is 0.962. The van der Waals surface area contributed by atoms with Gasteiger partial charge in [-0.1, -0.05) is 5.10 Å². The summed E-state index contributed by atoms with van der Waals surface area (Å²) in [5, 5.41) is 7.16. The van der Waals surface area contributed by atoms with E-state index in [0.717, 1.165) is 0 Å². The number of methoxy groups -OCH3 is 1. The van der Waals surface area contributed by atoms with Gasteiger partial charge in [0.15, 0.2) is 0 Å². The molecule has 0 saturated heterocycles. The van der Waals surface area contributed by atoms with Crippen molar-refractivity contribution in [1.29, 1.82) is 0 Å². The molecular weight excluding hydrogens is 156 g/mol. The number of aromatic nitrogens is 2. The zero-order valence-electron chi connectivity index (χ0n) is 5.50. The van der Waals surface area contributed by atoms with Gasteiger partial charge < -0.3 is 9.15 Å². The molecule has 0 aliphatic heterocycles. The first-order chi connectivity index (χ1) is 4.83. The summed E-state index contributed by atoms with van der Waals surface area (Å²) in [5.74, 6) is 0.506. The fraction of sp³-hybridized carbons (Fsp3) is 0.600. The van der Waals surface area contributed by atoms with Crippen LogP contribution in [0.2, 0.25) is 5.35 Å². The van der Waals surface area contributed by atoms with Gasteiger partial charge in [0.05, 0.1) is 6.61 Å². The molecule has 5 heteroatoms. The van der Waals surface area contributed by atoms with Crippen LogP contribution in [0.5, 0.6) is 0 Å². The predicted octanol–water partition coefficient (Wildman–Crippen LogP) is 0.912. The van der Waals surface area contributed by atoms with Crippen molar-refractivity contribution >= 4 is 11.6 Å². The first kappa shape index (κ1) is 7.50. The molecule has 10 heavy (non-hydrogen) atoms. The lowest BCUT2D eigenvalue weighted by atomic mass is 10.5. The summed E-state index contributed by atoms with van der Waals surface area (Å²) in [6.07, 6.45) is 0.607. The zero-order chi connectivity index (χ0) is 7.40. The number of ether oxygens (including phenoxy) is 1. The molecule has 4 nitrogen and oxygen atoms in total. The van der Waals surface area contributed by atoms with Crippen LogP contribution in [-0.2, 0) is 11.2 Å². The molecule has 0 fully saturated rings. The van der Waals surface area contributed by atoms with Crippen LogP contribution in [0.15, 0.2) is 4.42 Å². The van der Waals surface area contributed by atoms with Gasteiger partial charge in [0.1, 0.15) is 0 Å². The second-order valence-corrected chi connectivity index (χ2v) is 2.01. The van der Waals surface area contributed by atoms with Crippen LogP contribution < -0.4 is 0 Å². The van der Waals surface area contributed by atoms with Gasteiger partial charge in [0.25, 0.3) is 0 Å². The zero-order valence-corrected chi connectivity index (χ0v) is 6.26. The highest BCUT2D eigenvalue weighted by atomic mass is 35.5. The molecule has 0 N–H and O–H groups in total. The molecule has 0 amide bonds. The van der Waals surface area contributed by atoms with Crippen molar-refractivity contribution in [3.05, 3.63) is 11.2 Å². The second kappa shape index (κ2) is 3.53. The van der Waals surface area contributed by atoms with Gasteiger partial charge in [-0.2, -0.15) is 0 Å². The monoisotopic (exact) mass is 162 g/mol. The van der Waals surface area contributed by atoms with Crippen LogP contribution in [0.25, 0.3) is 0 Å². The van der Waals surface area contributed by atoms with Crippen molar-refractivity contribution in [1.82, 2.24) is 10.2 Å². The number of nitrogens with zero attached hydrogens (tertiary/aromatic N) is 2. The molecule has 1 heterocycles. The van der Waals surface area contributed by atoms with Crippen LogP contribution in [0.4, 0.5) is 0 Å². The molecule has 0 bridgehead atoms. The number of hydrogen-bond donors (Lipinski definition) is 0. The molecule has 0 aromatic carbocycles. The fourth-order valence-electron chi connectivity index (χ4n) is 0.524. The SMILES string of the molecule is COCCc1nnc(Cl)o1. The molecule has 0 unspecified atom stereocenters. The van der Waals surface area contributed by atoms with E-state index in [-0.39, 0.29) is 5.35 Å². The normalized spacial score (nSPS) is 10.2. The lowest BCUT2D eigenvalue weighted by molar-refractivity contribution is 0.195. The van der Waals surface area contributed by atoms with Crippen LogP contribution in [-0.4, -0.2) is 23.9 Å². The molecule has 0 radical (unpaired) electrons. The summed E-state index contributed by atoms with van der Waals surface area (Å²) < 4.78 is 9.63. The van der Waals surface area contributed by atoms with Crippen molar-refractivity contribution in [2.24, 2.45) is 0 Å². The van der Waals surface area contributed by atoms with E-state index in [2.05, 4.69) is 10.2 Å². The molecule has 0 spiro atoms. The van der Waals surface area contributed by atoms with E-state index in [9.17, 15) is 0 Å². The van der Waals surface area contributed by atoms with E-state index in [1.165, 1.54) is 0 Å². The van der Waals surface area contributed by atoms with E-state index in [1.54, 1.807) is 7.11 Å². The Hall–Kier alpha value is -0.610. The van der Waals surface area contributed by atoms with Crippen molar-refractivity contribution in [2.45, 2.75) is 6.42 Å². The summed E-state index contributed by atoms with van der Waals surface area (Å²) in [6.45, 7) is 0.568. The Morgan fingerprint density at radius 1 is 1.60 bits per heavy atom. The first-order valence-electron chi connectivity index (χ1n) is 2.79. The number of hydrogen-bond acceptors (Lipinski definition) is 4. The Kier molecular flexibility index (Phi) is 2.65. The van der Waals surface area contributed by atoms with Gasteiger partial charge in [-0.25, -0.2) is 0 Å². The van der Waals surface area contributed by atoms with Crippen molar-refractivity contribution < 1.29 is 9.15 Å². The van der Waals surface area contributed by atoms with Crippen LogP contribution in [0.1, 0.15) is 5.89 Å². The summed E-state index contributed by atoms with van der Waals surface area (Å²) in [4.78, 5) is 0. The van der Waals surface area contributed by atoms with Crippen molar-refractivity contribution in [3.63, 3.8) is 0 Å². The molecule has 56 valence electrons. The highest BCUT2D eigenvalue weighted by Crippen LogP contribution is 2.05. The van der Waals surface area contributed by atoms with Gasteiger partial charge in [0, 0.05) is 13.5 Å². The number of halogens is 1. The molecule has 0 aliphatic rings. The minimum Gasteiger partial charge on any atom is -0.412 e. The van der Waals surface area contributed by atoms with Gasteiger partial charge in [-0.3, -0.25) is 0 Å². The van der Waals surface area contributed by atoms with E-state index in [4.69, 9.17) is 20.8 Å². The topological polar surface area (TPSA) is 48.2 Å². The Morgan fingerprint density at radius 2 is 2.40 bits per heavy atom. The van der Waals surface area contributed by atoms with Crippen LogP contribution >= 0.6 is 11.6 Å². The van der Waals surface area contributed by atoms with Crippen LogP contribution in [0.3, 0.4) is 0 Å². The maximum atomic E-state index is 5.36. The third-order valence-corrected chi connectivity index (χ3v) is 1.11.